The van der Waals surface area contributed by atoms with E-state index in [1.54, 1.807) is 41.4 Å². The van der Waals surface area contributed by atoms with E-state index in [1.807, 2.05) is 10.9 Å². The second kappa shape index (κ2) is 9.02. The van der Waals surface area contributed by atoms with Crippen LogP contribution >= 0.6 is 15.9 Å². The molecule has 1 N–H and O–H groups in total. The lowest BCUT2D eigenvalue weighted by molar-refractivity contribution is 0.0685. The fraction of sp³-hybridized carbons (Fsp3) is 0.250. The van der Waals surface area contributed by atoms with E-state index in [9.17, 15) is 18.8 Å². The molecule has 34 heavy (non-hydrogen) atoms. The van der Waals surface area contributed by atoms with Gasteiger partial charge in [0.1, 0.15) is 5.82 Å². The number of amides is 1. The maximum absolute atomic E-state index is 14.7. The zero-order valence-corrected chi connectivity index (χ0v) is 19.7. The fourth-order valence-corrected chi connectivity index (χ4v) is 4.74. The predicted octanol–water partition coefficient (Wildman–Crippen LogP) is 3.31. The highest BCUT2D eigenvalue weighted by Crippen LogP contribution is 2.25. The zero-order valence-electron chi connectivity index (χ0n) is 18.1. The number of fused-ring (bicyclic) bond motifs is 1. The van der Waals surface area contributed by atoms with Crippen LogP contribution in [0.15, 0.2) is 68.9 Å². The first kappa shape index (κ1) is 22.3. The van der Waals surface area contributed by atoms with Crippen LogP contribution < -0.4 is 11.2 Å². The van der Waals surface area contributed by atoms with Gasteiger partial charge < -0.3 is 4.90 Å². The highest BCUT2D eigenvalue weighted by Gasteiger charge is 2.26. The Labute approximate surface area is 201 Å². The number of nitrogens with one attached hydrogen (secondary N) is 1. The molecular formula is C24H21BrFN5O3. The third-order valence-corrected chi connectivity index (χ3v) is 6.61. The normalized spacial score (nSPS) is 14.6. The molecule has 0 saturated carbocycles. The van der Waals surface area contributed by atoms with Gasteiger partial charge in [-0.25, -0.2) is 9.18 Å². The van der Waals surface area contributed by atoms with Crippen LogP contribution in [0.5, 0.6) is 0 Å². The first-order chi connectivity index (χ1) is 16.4. The second-order valence-corrected chi connectivity index (χ2v) is 9.25. The monoisotopic (exact) mass is 525 g/mol. The smallest absolute Gasteiger partial charge is 0.329 e. The van der Waals surface area contributed by atoms with Crippen molar-refractivity contribution in [3.63, 3.8) is 0 Å². The van der Waals surface area contributed by atoms with Gasteiger partial charge in [-0.1, -0.05) is 18.2 Å². The van der Waals surface area contributed by atoms with Crippen molar-refractivity contribution in [3.8, 4) is 0 Å². The number of para-hydroxylation sites is 1. The van der Waals surface area contributed by atoms with E-state index in [-0.39, 0.29) is 24.1 Å². The summed E-state index contributed by atoms with van der Waals surface area (Å²) in [6.45, 7) is 1.08. The summed E-state index contributed by atoms with van der Waals surface area (Å²) >= 11 is 3.40. The minimum atomic E-state index is -0.606. The number of piperidine rings is 1. The molecule has 174 valence electrons. The summed E-state index contributed by atoms with van der Waals surface area (Å²) in [7, 11) is 0. The molecule has 2 aromatic carbocycles. The number of hydrogen-bond donors (Lipinski definition) is 1. The molecular weight excluding hydrogens is 505 g/mol. The van der Waals surface area contributed by atoms with Crippen LogP contribution in [0.2, 0.25) is 0 Å². The third-order valence-electron chi connectivity index (χ3n) is 6.20. The summed E-state index contributed by atoms with van der Waals surface area (Å²) in [5.74, 6) is -0.983. The Morgan fingerprint density at radius 3 is 2.65 bits per heavy atom. The first-order valence-electron chi connectivity index (χ1n) is 10.9. The number of benzene rings is 2. The van der Waals surface area contributed by atoms with Crippen molar-refractivity contribution in [1.82, 2.24) is 24.2 Å². The van der Waals surface area contributed by atoms with Crippen molar-refractivity contribution in [1.29, 1.82) is 0 Å². The van der Waals surface area contributed by atoms with E-state index < -0.39 is 17.1 Å². The van der Waals surface area contributed by atoms with E-state index in [2.05, 4.69) is 26.0 Å². The zero-order chi connectivity index (χ0) is 23.8. The summed E-state index contributed by atoms with van der Waals surface area (Å²) in [4.78, 5) is 41.7. The molecule has 1 aliphatic rings. The highest BCUT2D eigenvalue weighted by molar-refractivity contribution is 9.10. The maximum Gasteiger partial charge on any atom is 0.329 e. The molecule has 0 atom stereocenters. The average Bonchev–Trinajstić information content (AvgIpc) is 3.28. The lowest BCUT2D eigenvalue weighted by Gasteiger charge is -2.32. The third kappa shape index (κ3) is 4.21. The number of rotatable bonds is 4. The van der Waals surface area contributed by atoms with Crippen LogP contribution in [0.4, 0.5) is 4.39 Å². The molecule has 0 radical (unpaired) electrons. The minimum absolute atomic E-state index is 0.0282. The van der Waals surface area contributed by atoms with Gasteiger partial charge in [-0.15, -0.1) is 0 Å². The van der Waals surface area contributed by atoms with Crippen molar-refractivity contribution < 1.29 is 9.18 Å². The van der Waals surface area contributed by atoms with Gasteiger partial charge in [0, 0.05) is 19.3 Å². The Kier molecular flexibility index (Phi) is 5.91. The predicted molar refractivity (Wildman–Crippen MR) is 128 cm³/mol. The van der Waals surface area contributed by atoms with E-state index in [0.717, 1.165) is 17.3 Å². The summed E-state index contributed by atoms with van der Waals surface area (Å²) < 4.78 is 18.9. The number of hydrogen-bond acceptors (Lipinski definition) is 4. The molecule has 8 nitrogen and oxygen atoms in total. The number of likely N-dealkylation sites (tertiary alicyclic amines) is 1. The van der Waals surface area contributed by atoms with Gasteiger partial charge >= 0.3 is 5.69 Å². The van der Waals surface area contributed by atoms with Gasteiger partial charge in [0.15, 0.2) is 0 Å². The molecule has 1 saturated heterocycles. The number of aromatic nitrogens is 4. The Morgan fingerprint density at radius 1 is 1.15 bits per heavy atom. The molecule has 5 rings (SSSR count). The number of aromatic amines is 1. The standard InChI is InChI=1S/C24H21BrFN5O3/c25-16-12-27-31(14-16)17-7-9-29(10-8-17)23(33)19-11-15(5-6-20(19)26)13-30-21-4-2-1-3-18(21)22(32)28-24(30)34/h1-6,11-12,14,17H,7-10,13H2,(H,28,32,34). The molecule has 0 spiro atoms. The molecule has 4 aromatic rings. The number of nitrogens with zero attached hydrogens (tertiary/aromatic N) is 4. The van der Waals surface area contributed by atoms with Crippen molar-refractivity contribution in [2.75, 3.05) is 13.1 Å². The van der Waals surface area contributed by atoms with Gasteiger partial charge in [-0.2, -0.15) is 5.10 Å². The molecule has 3 heterocycles. The van der Waals surface area contributed by atoms with Gasteiger partial charge in [0.2, 0.25) is 0 Å². The molecule has 0 aliphatic carbocycles. The van der Waals surface area contributed by atoms with Crippen LogP contribution in [0.3, 0.4) is 0 Å². The van der Waals surface area contributed by atoms with Gasteiger partial charge in [0.25, 0.3) is 11.5 Å². The number of carbonyl (C=O) groups is 1. The summed E-state index contributed by atoms with van der Waals surface area (Å²) in [6, 6.07) is 11.2. The Hall–Kier alpha value is -3.53. The van der Waals surface area contributed by atoms with Gasteiger partial charge in [-0.05, 0) is 58.6 Å². The van der Waals surface area contributed by atoms with E-state index in [1.165, 1.54) is 16.7 Å². The van der Waals surface area contributed by atoms with Crippen LogP contribution in [0.25, 0.3) is 10.9 Å². The maximum atomic E-state index is 14.7. The first-order valence-corrected chi connectivity index (χ1v) is 11.7. The van der Waals surface area contributed by atoms with Crippen LogP contribution in [-0.4, -0.2) is 43.2 Å². The van der Waals surface area contributed by atoms with Crippen molar-refractivity contribution in [3.05, 3.63) is 97.1 Å². The van der Waals surface area contributed by atoms with E-state index >= 15 is 0 Å². The average molecular weight is 526 g/mol. The second-order valence-electron chi connectivity index (χ2n) is 8.34. The van der Waals surface area contributed by atoms with Gasteiger partial charge in [0.05, 0.1) is 39.7 Å². The lowest BCUT2D eigenvalue weighted by Crippen LogP contribution is -2.39. The molecule has 1 aliphatic heterocycles. The number of H-pyrrole nitrogens is 1. The quantitative estimate of drug-likeness (QED) is 0.442. The molecule has 0 bridgehead atoms. The lowest BCUT2D eigenvalue weighted by atomic mass is 10.0. The van der Waals surface area contributed by atoms with Crippen molar-refractivity contribution >= 4 is 32.7 Å². The highest BCUT2D eigenvalue weighted by atomic mass is 79.9. The van der Waals surface area contributed by atoms with Gasteiger partial charge in [-0.3, -0.25) is 23.8 Å². The molecule has 0 unspecified atom stereocenters. The SMILES string of the molecule is O=C(c1cc(Cn2c(=O)[nH]c(=O)c3ccccc32)ccc1F)N1CCC(n2cc(Br)cn2)CC1. The minimum Gasteiger partial charge on any atom is -0.338 e. The molecule has 1 amide bonds. The summed E-state index contributed by atoms with van der Waals surface area (Å²) in [5, 5.41) is 4.71. The number of halogens is 2. The molecule has 10 heteroatoms. The molecule has 1 fully saturated rings. The van der Waals surface area contributed by atoms with Crippen LogP contribution in [0, 0.1) is 5.82 Å². The Balaban J connectivity index is 1.38. The number of carbonyl (C=O) groups excluding carboxylic acids is 1. The Bertz CT molecular complexity index is 1500. The summed E-state index contributed by atoms with van der Waals surface area (Å²) in [5.41, 5.74) is 0.00611. The summed E-state index contributed by atoms with van der Waals surface area (Å²) in [6.07, 6.45) is 5.09. The van der Waals surface area contributed by atoms with E-state index in [4.69, 9.17) is 0 Å². The Morgan fingerprint density at radius 2 is 1.91 bits per heavy atom. The molecule has 2 aromatic heterocycles. The van der Waals surface area contributed by atoms with Crippen molar-refractivity contribution in [2.24, 2.45) is 0 Å². The van der Waals surface area contributed by atoms with Crippen molar-refractivity contribution in [2.45, 2.75) is 25.4 Å². The van der Waals surface area contributed by atoms with E-state index in [0.29, 0.717) is 29.6 Å². The topological polar surface area (TPSA) is 93.0 Å². The van der Waals surface area contributed by atoms with Crippen LogP contribution in [-0.2, 0) is 6.54 Å². The largest absolute Gasteiger partial charge is 0.338 e. The van der Waals surface area contributed by atoms with Crippen LogP contribution in [0.1, 0.15) is 34.8 Å². The fourth-order valence-electron chi connectivity index (χ4n) is 4.43.